The second kappa shape index (κ2) is 28.8. The molecule has 12 nitrogen and oxygen atoms in total. The first-order chi connectivity index (χ1) is 10.8. The number of nitrogens with zero attached hydrogens (tertiary/aromatic N) is 1. The summed E-state index contributed by atoms with van der Waals surface area (Å²) < 4.78 is 4.11. The summed E-state index contributed by atoms with van der Waals surface area (Å²) in [7, 11) is 1.35. The molecule has 0 atom stereocenters. The van der Waals surface area contributed by atoms with Crippen molar-refractivity contribution >= 4 is 23.9 Å². The van der Waals surface area contributed by atoms with Crippen molar-refractivity contribution in [1.82, 2.24) is 4.90 Å². The average molecular weight is 361 g/mol. The summed E-state index contributed by atoms with van der Waals surface area (Å²) in [5.41, 5.74) is 0. The predicted molar refractivity (Wildman–Crippen MR) is 80.7 cm³/mol. The van der Waals surface area contributed by atoms with E-state index < -0.39 is 17.9 Å². The molecule has 0 aliphatic heterocycles. The number of carbonyl (C=O) groups excluding carboxylic acids is 1. The molecule has 0 saturated heterocycles. The van der Waals surface area contributed by atoms with Crippen molar-refractivity contribution in [2.75, 3.05) is 27.3 Å². The van der Waals surface area contributed by atoms with Gasteiger partial charge in [-0.25, -0.2) is 4.90 Å². The zero-order valence-corrected chi connectivity index (χ0v) is 14.3. The van der Waals surface area contributed by atoms with Crippen LogP contribution in [0.25, 0.3) is 0 Å². The average Bonchev–Trinajstić information content (AvgIpc) is 2.39. The number of hydrogen-bond donors (Lipinski definition) is 6. The Balaban J connectivity index is -0.0000000642. The van der Waals surface area contributed by atoms with Crippen LogP contribution in [0, 0.1) is 0 Å². The molecule has 0 aliphatic carbocycles. The number of aliphatic hydroxyl groups is 3. The summed E-state index contributed by atoms with van der Waals surface area (Å²) in [6.45, 7) is 3.67. The normalized spacial score (nSPS) is 7.54. The highest BCUT2D eigenvalue weighted by Crippen LogP contribution is 1.75. The molecule has 146 valence electrons. The van der Waals surface area contributed by atoms with Crippen LogP contribution in [0.5, 0.6) is 0 Å². The highest BCUT2D eigenvalue weighted by atomic mass is 16.5. The maximum absolute atomic E-state index is 9.59. The first-order valence-corrected chi connectivity index (χ1v) is 6.00. The van der Waals surface area contributed by atoms with Crippen molar-refractivity contribution < 1.29 is 54.6 Å². The third-order valence-corrected chi connectivity index (χ3v) is 0.887. The standard InChI is InChI=1S/C3H9NO3.C3H6O2.3C2H4O2/c5-1-4(2-6)3-7;1-3(4)5-2;3*1-2(3)4/h5-7H,1-3H2;1-2H3;3*1H3,(H,3,4). The van der Waals surface area contributed by atoms with Crippen LogP contribution in [0.15, 0.2) is 0 Å². The highest BCUT2D eigenvalue weighted by Gasteiger charge is 1.93. The van der Waals surface area contributed by atoms with Crippen LogP contribution in [0.2, 0.25) is 0 Å². The quantitative estimate of drug-likeness (QED) is 0.253. The fourth-order valence-corrected chi connectivity index (χ4v) is 0.134. The minimum absolute atomic E-state index is 0.245. The molecule has 0 unspecified atom stereocenters. The van der Waals surface area contributed by atoms with E-state index in [1.54, 1.807) is 0 Å². The summed E-state index contributed by atoms with van der Waals surface area (Å²) >= 11 is 0. The third kappa shape index (κ3) is 211. The number of carboxylic acid groups (broad SMARTS) is 3. The predicted octanol–water partition coefficient (Wildman–Crippen LogP) is -1.41. The second-order valence-electron chi connectivity index (χ2n) is 3.35. The highest BCUT2D eigenvalue weighted by molar-refractivity contribution is 5.65. The lowest BCUT2D eigenvalue weighted by molar-refractivity contribution is -0.138. The summed E-state index contributed by atoms with van der Waals surface area (Å²) in [6, 6.07) is 0. The van der Waals surface area contributed by atoms with Crippen LogP contribution in [-0.4, -0.2) is 86.7 Å². The Kier molecular flexibility index (Phi) is 40.1. The minimum atomic E-state index is -0.833. The first kappa shape index (κ1) is 33.4. The third-order valence-electron chi connectivity index (χ3n) is 0.887. The number of methoxy groups -OCH3 is 1. The molecule has 0 saturated carbocycles. The van der Waals surface area contributed by atoms with Crippen molar-refractivity contribution in [3.8, 4) is 0 Å². The maximum Gasteiger partial charge on any atom is 0.302 e. The Morgan fingerprint density at radius 2 is 0.833 bits per heavy atom. The number of carboxylic acids is 3. The lowest BCUT2D eigenvalue weighted by Gasteiger charge is -2.09. The molecule has 0 bridgehead atoms. The smallest absolute Gasteiger partial charge is 0.302 e. The van der Waals surface area contributed by atoms with Gasteiger partial charge in [-0.2, -0.15) is 0 Å². The Labute approximate surface area is 139 Å². The van der Waals surface area contributed by atoms with Gasteiger partial charge in [0, 0.05) is 27.7 Å². The SMILES string of the molecule is CC(=O)O.CC(=O)O.CC(=O)O.COC(C)=O.OCN(CO)CO. The largest absolute Gasteiger partial charge is 0.481 e. The number of carbonyl (C=O) groups is 4. The summed E-state index contributed by atoms with van der Waals surface area (Å²) in [5.74, 6) is -2.75. The van der Waals surface area contributed by atoms with Gasteiger partial charge in [0.25, 0.3) is 17.9 Å². The van der Waals surface area contributed by atoms with E-state index >= 15 is 0 Å². The Hall–Kier alpha value is -2.28. The van der Waals surface area contributed by atoms with Gasteiger partial charge in [0.1, 0.15) is 0 Å². The number of hydrogen-bond acceptors (Lipinski definition) is 9. The van der Waals surface area contributed by atoms with E-state index in [9.17, 15) is 4.79 Å². The maximum atomic E-state index is 9.59. The van der Waals surface area contributed by atoms with Crippen LogP contribution in [0.3, 0.4) is 0 Å². The van der Waals surface area contributed by atoms with Gasteiger partial charge in [0.2, 0.25) is 0 Å². The molecule has 12 heteroatoms. The van der Waals surface area contributed by atoms with Crippen LogP contribution >= 0.6 is 0 Å². The summed E-state index contributed by atoms with van der Waals surface area (Å²) in [4.78, 5) is 37.6. The molecular weight excluding hydrogens is 334 g/mol. The fourth-order valence-electron chi connectivity index (χ4n) is 0.134. The van der Waals surface area contributed by atoms with Crippen molar-refractivity contribution in [1.29, 1.82) is 0 Å². The summed E-state index contributed by atoms with van der Waals surface area (Å²) in [5, 5.41) is 46.6. The van der Waals surface area contributed by atoms with E-state index in [4.69, 9.17) is 45.0 Å². The zero-order chi connectivity index (χ0) is 20.7. The lowest BCUT2D eigenvalue weighted by Crippen LogP contribution is -2.26. The number of rotatable bonds is 3. The number of esters is 1. The molecule has 0 radical (unpaired) electrons. The first-order valence-electron chi connectivity index (χ1n) is 6.00. The van der Waals surface area contributed by atoms with Crippen LogP contribution in [0.4, 0.5) is 0 Å². The second-order valence-corrected chi connectivity index (χ2v) is 3.35. The van der Waals surface area contributed by atoms with E-state index in [0.717, 1.165) is 25.7 Å². The molecule has 0 aliphatic rings. The Morgan fingerprint density at radius 1 is 0.708 bits per heavy atom. The van der Waals surface area contributed by atoms with E-state index in [1.165, 1.54) is 14.0 Å². The lowest BCUT2D eigenvalue weighted by atomic mass is 10.8. The molecule has 0 aromatic carbocycles. The summed E-state index contributed by atoms with van der Waals surface area (Å²) in [6.07, 6.45) is 0. The van der Waals surface area contributed by atoms with Crippen molar-refractivity contribution in [2.45, 2.75) is 27.7 Å². The number of ether oxygens (including phenoxy) is 1. The van der Waals surface area contributed by atoms with Crippen molar-refractivity contribution in [3.05, 3.63) is 0 Å². The molecule has 0 fully saturated rings. The van der Waals surface area contributed by atoms with Crippen molar-refractivity contribution in [3.63, 3.8) is 0 Å². The van der Waals surface area contributed by atoms with Gasteiger partial charge in [-0.1, -0.05) is 0 Å². The topological polar surface area (TPSA) is 202 Å². The van der Waals surface area contributed by atoms with Gasteiger partial charge in [-0.05, 0) is 0 Å². The van der Waals surface area contributed by atoms with Crippen molar-refractivity contribution in [2.24, 2.45) is 0 Å². The molecule has 6 N–H and O–H groups in total. The van der Waals surface area contributed by atoms with Gasteiger partial charge in [-0.3, -0.25) is 19.2 Å². The number of aliphatic hydroxyl groups excluding tert-OH is 3. The molecule has 0 aromatic rings. The van der Waals surface area contributed by atoms with Crippen LogP contribution in [-0.2, 0) is 23.9 Å². The van der Waals surface area contributed by atoms with Crippen LogP contribution in [0.1, 0.15) is 27.7 Å². The van der Waals surface area contributed by atoms with E-state index in [1.807, 2.05) is 0 Å². The number of aliphatic carboxylic acids is 3. The molecule has 0 amide bonds. The van der Waals surface area contributed by atoms with Gasteiger partial charge >= 0.3 is 5.97 Å². The van der Waals surface area contributed by atoms with Gasteiger partial charge in [0.05, 0.1) is 27.3 Å². The zero-order valence-electron chi connectivity index (χ0n) is 14.3. The van der Waals surface area contributed by atoms with Gasteiger partial charge in [0.15, 0.2) is 0 Å². The minimum Gasteiger partial charge on any atom is -0.481 e. The molecule has 0 spiro atoms. The van der Waals surface area contributed by atoms with E-state index in [0.29, 0.717) is 0 Å². The molecule has 0 heterocycles. The van der Waals surface area contributed by atoms with E-state index in [-0.39, 0.29) is 26.2 Å². The van der Waals surface area contributed by atoms with E-state index in [2.05, 4.69) is 4.74 Å². The molecule has 24 heavy (non-hydrogen) atoms. The van der Waals surface area contributed by atoms with Gasteiger partial charge in [-0.15, -0.1) is 0 Å². The monoisotopic (exact) mass is 361 g/mol. The molecular formula is C12H27NO11. The van der Waals surface area contributed by atoms with Crippen LogP contribution < -0.4 is 0 Å². The molecule has 0 rings (SSSR count). The van der Waals surface area contributed by atoms with Gasteiger partial charge < -0.3 is 35.4 Å². The Bertz CT molecular complexity index is 270. The molecule has 0 aromatic heterocycles. The Morgan fingerprint density at radius 3 is 0.833 bits per heavy atom. The fraction of sp³-hybridized carbons (Fsp3) is 0.667.